The van der Waals surface area contributed by atoms with E-state index in [0.29, 0.717) is 38.3 Å². The standard InChI is InChI=1S/C18H22N2O4/c1-13-4-6-14(7-5-13)16(21)18(23)20-10-8-19(9-11-20)17(22)15-3-2-12-24-15/h4-7,15H,2-3,8-12H2,1H3. The van der Waals surface area contributed by atoms with Crippen LogP contribution in [0, 0.1) is 6.92 Å². The van der Waals surface area contributed by atoms with E-state index in [-0.39, 0.29) is 12.0 Å². The van der Waals surface area contributed by atoms with Crippen LogP contribution in [0.3, 0.4) is 0 Å². The first-order chi connectivity index (χ1) is 11.6. The molecule has 2 aliphatic rings. The Morgan fingerprint density at radius 2 is 1.62 bits per heavy atom. The van der Waals surface area contributed by atoms with Gasteiger partial charge in [0.15, 0.2) is 0 Å². The van der Waals surface area contributed by atoms with Gasteiger partial charge in [0.25, 0.3) is 11.8 Å². The molecule has 24 heavy (non-hydrogen) atoms. The highest BCUT2D eigenvalue weighted by Crippen LogP contribution is 2.16. The van der Waals surface area contributed by atoms with Crippen molar-refractivity contribution in [1.29, 1.82) is 0 Å². The molecule has 0 aliphatic carbocycles. The summed E-state index contributed by atoms with van der Waals surface area (Å²) in [4.78, 5) is 40.2. The van der Waals surface area contributed by atoms with Gasteiger partial charge >= 0.3 is 0 Å². The van der Waals surface area contributed by atoms with Gasteiger partial charge in [0.05, 0.1) is 0 Å². The number of hydrogen-bond donors (Lipinski definition) is 0. The predicted octanol–water partition coefficient (Wildman–Crippen LogP) is 1.03. The number of carbonyl (C=O) groups is 3. The number of aryl methyl sites for hydroxylation is 1. The van der Waals surface area contributed by atoms with Crippen molar-refractivity contribution in [2.75, 3.05) is 32.8 Å². The number of nitrogens with zero attached hydrogens (tertiary/aromatic N) is 2. The third-order valence-corrected chi connectivity index (χ3v) is 4.59. The number of amides is 2. The van der Waals surface area contributed by atoms with Gasteiger partial charge in [-0.05, 0) is 19.8 Å². The molecule has 1 unspecified atom stereocenters. The lowest BCUT2D eigenvalue weighted by Gasteiger charge is -2.35. The van der Waals surface area contributed by atoms with Crippen LogP contribution in [0.1, 0.15) is 28.8 Å². The average Bonchev–Trinajstić information content (AvgIpc) is 3.15. The van der Waals surface area contributed by atoms with Gasteiger partial charge in [0.1, 0.15) is 6.10 Å². The molecule has 128 valence electrons. The Hall–Kier alpha value is -2.21. The summed E-state index contributed by atoms with van der Waals surface area (Å²) in [7, 11) is 0. The summed E-state index contributed by atoms with van der Waals surface area (Å²) >= 11 is 0. The van der Waals surface area contributed by atoms with Gasteiger partial charge in [-0.15, -0.1) is 0 Å². The molecule has 0 saturated carbocycles. The molecule has 1 aromatic carbocycles. The third kappa shape index (κ3) is 3.48. The highest BCUT2D eigenvalue weighted by molar-refractivity contribution is 6.42. The van der Waals surface area contributed by atoms with Gasteiger partial charge in [-0.1, -0.05) is 29.8 Å². The van der Waals surface area contributed by atoms with Gasteiger partial charge in [0.2, 0.25) is 5.78 Å². The number of hydrogen-bond acceptors (Lipinski definition) is 4. The SMILES string of the molecule is Cc1ccc(C(=O)C(=O)N2CCN(C(=O)C3CCCO3)CC2)cc1. The smallest absolute Gasteiger partial charge is 0.295 e. The van der Waals surface area contributed by atoms with Crippen molar-refractivity contribution in [2.24, 2.45) is 0 Å². The van der Waals surface area contributed by atoms with Crippen molar-refractivity contribution in [2.45, 2.75) is 25.9 Å². The Morgan fingerprint density at radius 3 is 2.21 bits per heavy atom. The molecule has 2 aliphatic heterocycles. The highest BCUT2D eigenvalue weighted by Gasteiger charge is 2.32. The van der Waals surface area contributed by atoms with Crippen LogP contribution >= 0.6 is 0 Å². The van der Waals surface area contributed by atoms with E-state index in [2.05, 4.69) is 0 Å². The van der Waals surface area contributed by atoms with Crippen molar-refractivity contribution < 1.29 is 19.1 Å². The summed E-state index contributed by atoms with van der Waals surface area (Å²) in [5.74, 6) is -0.985. The van der Waals surface area contributed by atoms with Crippen LogP contribution in [0.5, 0.6) is 0 Å². The second kappa shape index (κ2) is 7.13. The van der Waals surface area contributed by atoms with Crippen molar-refractivity contribution >= 4 is 17.6 Å². The number of rotatable bonds is 3. The topological polar surface area (TPSA) is 66.9 Å². The zero-order chi connectivity index (χ0) is 17.1. The van der Waals surface area contributed by atoms with Gasteiger partial charge in [-0.3, -0.25) is 14.4 Å². The first-order valence-electron chi connectivity index (χ1n) is 8.37. The highest BCUT2D eigenvalue weighted by atomic mass is 16.5. The van der Waals surface area contributed by atoms with Crippen molar-refractivity contribution in [3.8, 4) is 0 Å². The minimum atomic E-state index is -0.497. The molecule has 1 atom stereocenters. The Morgan fingerprint density at radius 1 is 1.00 bits per heavy atom. The maximum atomic E-state index is 12.4. The second-order valence-corrected chi connectivity index (χ2v) is 6.31. The predicted molar refractivity (Wildman–Crippen MR) is 87.6 cm³/mol. The molecule has 1 aromatic rings. The van der Waals surface area contributed by atoms with Crippen LogP contribution in [-0.4, -0.2) is 66.3 Å². The van der Waals surface area contributed by atoms with Gasteiger partial charge in [-0.2, -0.15) is 0 Å². The maximum absolute atomic E-state index is 12.4. The summed E-state index contributed by atoms with van der Waals surface area (Å²) < 4.78 is 5.42. The van der Waals surface area contributed by atoms with Crippen LogP contribution in [0.4, 0.5) is 0 Å². The Balaban J connectivity index is 1.55. The van der Waals surface area contributed by atoms with E-state index in [9.17, 15) is 14.4 Å². The fraction of sp³-hybridized carbons (Fsp3) is 0.500. The van der Waals surface area contributed by atoms with E-state index in [4.69, 9.17) is 4.74 Å². The van der Waals surface area contributed by atoms with E-state index in [0.717, 1.165) is 18.4 Å². The number of Topliss-reactive ketones (excluding diaryl/α,β-unsaturated/α-hetero) is 1. The molecular weight excluding hydrogens is 308 g/mol. The quantitative estimate of drug-likeness (QED) is 0.613. The van der Waals surface area contributed by atoms with E-state index >= 15 is 0 Å². The molecule has 2 fully saturated rings. The van der Waals surface area contributed by atoms with Crippen molar-refractivity contribution in [3.63, 3.8) is 0 Å². The van der Waals surface area contributed by atoms with Crippen molar-refractivity contribution in [3.05, 3.63) is 35.4 Å². The first kappa shape index (κ1) is 16.6. The van der Waals surface area contributed by atoms with Crippen LogP contribution < -0.4 is 0 Å². The summed E-state index contributed by atoms with van der Waals surface area (Å²) in [6.45, 7) is 4.24. The zero-order valence-electron chi connectivity index (χ0n) is 13.9. The van der Waals surface area contributed by atoms with E-state index in [1.807, 2.05) is 19.1 Å². The van der Waals surface area contributed by atoms with Gasteiger partial charge < -0.3 is 14.5 Å². The molecule has 6 heteroatoms. The average molecular weight is 330 g/mol. The fourth-order valence-electron chi connectivity index (χ4n) is 3.08. The number of ketones is 1. The monoisotopic (exact) mass is 330 g/mol. The van der Waals surface area contributed by atoms with Crippen molar-refractivity contribution in [1.82, 2.24) is 9.80 Å². The summed E-state index contributed by atoms with van der Waals surface area (Å²) in [6.07, 6.45) is 1.35. The molecule has 3 rings (SSSR count). The largest absolute Gasteiger partial charge is 0.368 e. The summed E-state index contributed by atoms with van der Waals surface area (Å²) in [5, 5.41) is 0. The molecule has 2 saturated heterocycles. The number of ether oxygens (including phenoxy) is 1. The van der Waals surface area contributed by atoms with Crippen LogP contribution in [0.2, 0.25) is 0 Å². The lowest BCUT2D eigenvalue weighted by molar-refractivity contribution is -0.144. The minimum Gasteiger partial charge on any atom is -0.368 e. The lowest BCUT2D eigenvalue weighted by atomic mass is 10.1. The van der Waals surface area contributed by atoms with Gasteiger partial charge in [-0.25, -0.2) is 0 Å². The molecule has 2 amide bonds. The molecule has 0 aromatic heterocycles. The van der Waals surface area contributed by atoms with E-state index in [1.54, 1.807) is 17.0 Å². The summed E-state index contributed by atoms with van der Waals surface area (Å²) in [6, 6.07) is 6.98. The van der Waals surface area contributed by atoms with E-state index in [1.165, 1.54) is 4.90 Å². The second-order valence-electron chi connectivity index (χ2n) is 6.31. The molecule has 0 spiro atoms. The summed E-state index contributed by atoms with van der Waals surface area (Å²) in [5.41, 5.74) is 1.45. The van der Waals surface area contributed by atoms with E-state index < -0.39 is 11.7 Å². The number of piperazine rings is 1. The molecule has 0 radical (unpaired) electrons. The number of carbonyl (C=O) groups excluding carboxylic acids is 3. The maximum Gasteiger partial charge on any atom is 0.295 e. The fourth-order valence-corrected chi connectivity index (χ4v) is 3.08. The van der Waals surface area contributed by atoms with Crippen LogP contribution in [0.15, 0.2) is 24.3 Å². The van der Waals surface area contributed by atoms with Crippen LogP contribution in [0.25, 0.3) is 0 Å². The van der Waals surface area contributed by atoms with Crippen LogP contribution in [-0.2, 0) is 14.3 Å². The third-order valence-electron chi connectivity index (χ3n) is 4.59. The zero-order valence-corrected chi connectivity index (χ0v) is 13.9. The normalized spacial score (nSPS) is 21.0. The molecule has 0 bridgehead atoms. The Kier molecular flexibility index (Phi) is 4.94. The molecule has 2 heterocycles. The van der Waals surface area contributed by atoms with Gasteiger partial charge in [0, 0.05) is 38.3 Å². The first-order valence-corrected chi connectivity index (χ1v) is 8.37. The minimum absolute atomic E-state index is 0.00413. The molecule has 0 N–H and O–H groups in total. The molecule has 6 nitrogen and oxygen atoms in total. The Bertz CT molecular complexity index is 627. The lowest BCUT2D eigenvalue weighted by Crippen LogP contribution is -2.54. The molecular formula is C18H22N2O4. The Labute approximate surface area is 141 Å². The number of benzene rings is 1.